The molecule has 2 aromatic rings. The van der Waals surface area contributed by atoms with Crippen molar-refractivity contribution in [3.8, 4) is 5.75 Å². The number of carbonyl (C=O) groups excluding carboxylic acids is 2. The maximum atomic E-state index is 12.5. The minimum atomic E-state index is -0.177. The highest BCUT2D eigenvalue weighted by Crippen LogP contribution is 2.23. The first-order valence-corrected chi connectivity index (χ1v) is 10.5. The Bertz CT molecular complexity index is 789. The van der Waals surface area contributed by atoms with Gasteiger partial charge in [0.1, 0.15) is 5.75 Å². The van der Waals surface area contributed by atoms with E-state index >= 15 is 0 Å². The van der Waals surface area contributed by atoms with Crippen LogP contribution in [0.25, 0.3) is 0 Å². The molecular weight excluding hydrogens is 390 g/mol. The van der Waals surface area contributed by atoms with Crippen molar-refractivity contribution in [3.05, 3.63) is 52.2 Å². The third-order valence-corrected chi connectivity index (χ3v) is 5.80. The zero-order valence-corrected chi connectivity index (χ0v) is 17.6. The summed E-state index contributed by atoms with van der Waals surface area (Å²) in [6.07, 6.45) is 0. The maximum absolute atomic E-state index is 12.5. The Morgan fingerprint density at radius 1 is 1.24 bits per heavy atom. The first-order valence-electron chi connectivity index (χ1n) is 9.60. The molecule has 1 aliphatic heterocycles. The summed E-state index contributed by atoms with van der Waals surface area (Å²) in [4.78, 5) is 29.2. The standard InChI is InChI=1S/C21H27N3O4S/c1-23(21(26)19-4-3-13-29-19)15-20(25)22-14-18(24-9-11-28-12-10-24)16-5-7-17(27-2)8-6-16/h3-8,13,18H,9-12,14-15H2,1-2H3,(H,22,25). The van der Waals surface area contributed by atoms with Crippen LogP contribution in [0.1, 0.15) is 21.3 Å². The SMILES string of the molecule is COc1ccc(C(CNC(=O)CN(C)C(=O)c2cccs2)N2CCOCC2)cc1. The summed E-state index contributed by atoms with van der Waals surface area (Å²) in [5.41, 5.74) is 1.11. The molecule has 0 saturated carbocycles. The summed E-state index contributed by atoms with van der Waals surface area (Å²) in [6.45, 7) is 3.46. The number of thiophene rings is 1. The lowest BCUT2D eigenvalue weighted by molar-refractivity contribution is -0.121. The number of nitrogens with one attached hydrogen (secondary N) is 1. The van der Waals surface area contributed by atoms with Crippen LogP contribution in [-0.2, 0) is 9.53 Å². The van der Waals surface area contributed by atoms with E-state index in [0.717, 1.165) is 24.4 Å². The minimum absolute atomic E-state index is 0.0230. The molecule has 0 spiro atoms. The van der Waals surface area contributed by atoms with Gasteiger partial charge in [-0.1, -0.05) is 18.2 Å². The molecule has 1 saturated heterocycles. The second-order valence-corrected chi connectivity index (χ2v) is 7.83. The summed E-state index contributed by atoms with van der Waals surface area (Å²) in [6, 6.07) is 11.5. The summed E-state index contributed by atoms with van der Waals surface area (Å²) in [5, 5.41) is 4.85. The van der Waals surface area contributed by atoms with Crippen LogP contribution < -0.4 is 10.1 Å². The smallest absolute Gasteiger partial charge is 0.264 e. The fourth-order valence-electron chi connectivity index (χ4n) is 3.31. The number of nitrogens with zero attached hydrogens (tertiary/aromatic N) is 2. The van der Waals surface area contributed by atoms with Gasteiger partial charge in [-0.25, -0.2) is 0 Å². The van der Waals surface area contributed by atoms with E-state index in [9.17, 15) is 9.59 Å². The maximum Gasteiger partial charge on any atom is 0.264 e. The molecule has 7 nitrogen and oxygen atoms in total. The van der Waals surface area contributed by atoms with E-state index in [-0.39, 0.29) is 24.4 Å². The third kappa shape index (κ3) is 5.79. The summed E-state index contributed by atoms with van der Waals surface area (Å²) in [5.74, 6) is 0.478. The van der Waals surface area contributed by atoms with E-state index in [0.29, 0.717) is 24.6 Å². The predicted octanol–water partition coefficient (Wildman–Crippen LogP) is 2.02. The monoisotopic (exact) mass is 417 g/mol. The average molecular weight is 418 g/mol. The van der Waals surface area contributed by atoms with Crippen molar-refractivity contribution in [2.45, 2.75) is 6.04 Å². The Kier molecular flexibility index (Phi) is 7.62. The number of morpholine rings is 1. The van der Waals surface area contributed by atoms with Gasteiger partial charge in [-0.2, -0.15) is 0 Å². The number of benzene rings is 1. The van der Waals surface area contributed by atoms with Crippen LogP contribution in [0.3, 0.4) is 0 Å². The Morgan fingerprint density at radius 2 is 1.97 bits per heavy atom. The molecule has 8 heteroatoms. The molecule has 0 aliphatic carbocycles. The van der Waals surface area contributed by atoms with Crippen molar-refractivity contribution in [1.29, 1.82) is 0 Å². The van der Waals surface area contributed by atoms with Crippen LogP contribution in [0.2, 0.25) is 0 Å². The number of rotatable bonds is 8. The molecular formula is C21H27N3O4S. The molecule has 1 fully saturated rings. The van der Waals surface area contributed by atoms with Crippen molar-refractivity contribution in [2.75, 3.05) is 53.6 Å². The molecule has 1 atom stereocenters. The normalized spacial score (nSPS) is 15.5. The lowest BCUT2D eigenvalue weighted by Gasteiger charge is -2.35. The van der Waals surface area contributed by atoms with E-state index in [2.05, 4.69) is 10.2 Å². The molecule has 3 rings (SSSR count). The molecule has 29 heavy (non-hydrogen) atoms. The summed E-state index contributed by atoms with van der Waals surface area (Å²) in [7, 11) is 3.28. The van der Waals surface area contributed by atoms with Crippen LogP contribution in [0.15, 0.2) is 41.8 Å². The Hall–Kier alpha value is -2.42. The minimum Gasteiger partial charge on any atom is -0.497 e. The molecule has 2 heterocycles. The number of hydrogen-bond donors (Lipinski definition) is 1. The fourth-order valence-corrected chi connectivity index (χ4v) is 4.03. The second-order valence-electron chi connectivity index (χ2n) is 6.88. The summed E-state index contributed by atoms with van der Waals surface area (Å²) >= 11 is 1.37. The van der Waals surface area contributed by atoms with Gasteiger partial charge in [0, 0.05) is 26.7 Å². The number of ether oxygens (including phenoxy) is 2. The summed E-state index contributed by atoms with van der Waals surface area (Å²) < 4.78 is 10.7. The van der Waals surface area contributed by atoms with Gasteiger partial charge in [0.05, 0.1) is 37.8 Å². The van der Waals surface area contributed by atoms with Gasteiger partial charge in [0.15, 0.2) is 0 Å². The van der Waals surface area contributed by atoms with Gasteiger partial charge in [0.25, 0.3) is 5.91 Å². The zero-order valence-electron chi connectivity index (χ0n) is 16.8. The fraction of sp³-hybridized carbons (Fsp3) is 0.429. The predicted molar refractivity (Wildman–Crippen MR) is 112 cm³/mol. The number of amides is 2. The molecule has 1 aliphatic rings. The van der Waals surface area contributed by atoms with Crippen LogP contribution in [0.4, 0.5) is 0 Å². The van der Waals surface area contributed by atoms with Crippen molar-refractivity contribution >= 4 is 23.2 Å². The first-order chi connectivity index (χ1) is 14.1. The van der Waals surface area contributed by atoms with Gasteiger partial charge in [-0.15, -0.1) is 11.3 Å². The number of likely N-dealkylation sites (N-methyl/N-ethyl adjacent to an activating group) is 1. The number of hydrogen-bond acceptors (Lipinski definition) is 6. The molecule has 0 bridgehead atoms. The van der Waals surface area contributed by atoms with E-state index in [1.165, 1.54) is 16.2 Å². The first kappa shape index (κ1) is 21.3. The van der Waals surface area contributed by atoms with Crippen LogP contribution in [-0.4, -0.2) is 75.2 Å². The van der Waals surface area contributed by atoms with Crippen LogP contribution in [0.5, 0.6) is 5.75 Å². The molecule has 1 aromatic carbocycles. The van der Waals surface area contributed by atoms with Gasteiger partial charge in [-0.05, 0) is 29.1 Å². The van der Waals surface area contributed by atoms with Crippen molar-refractivity contribution in [1.82, 2.24) is 15.1 Å². The van der Waals surface area contributed by atoms with Crippen molar-refractivity contribution < 1.29 is 19.1 Å². The second kappa shape index (κ2) is 10.4. The lowest BCUT2D eigenvalue weighted by Crippen LogP contribution is -2.45. The topological polar surface area (TPSA) is 71.1 Å². The van der Waals surface area contributed by atoms with Crippen LogP contribution >= 0.6 is 11.3 Å². The molecule has 156 valence electrons. The molecule has 1 unspecified atom stereocenters. The molecule has 0 radical (unpaired) electrons. The lowest BCUT2D eigenvalue weighted by atomic mass is 10.0. The van der Waals surface area contributed by atoms with Gasteiger partial charge < -0.3 is 19.7 Å². The number of carbonyl (C=O) groups is 2. The van der Waals surface area contributed by atoms with E-state index in [1.54, 1.807) is 20.2 Å². The van der Waals surface area contributed by atoms with Crippen molar-refractivity contribution in [3.63, 3.8) is 0 Å². The quantitative estimate of drug-likeness (QED) is 0.712. The van der Waals surface area contributed by atoms with Gasteiger partial charge in [0.2, 0.25) is 5.91 Å². The Labute approximate surface area is 175 Å². The largest absolute Gasteiger partial charge is 0.497 e. The van der Waals surface area contributed by atoms with E-state index < -0.39 is 0 Å². The molecule has 1 N–H and O–H groups in total. The highest BCUT2D eigenvalue weighted by atomic mass is 32.1. The van der Waals surface area contributed by atoms with E-state index in [1.807, 2.05) is 35.7 Å². The van der Waals surface area contributed by atoms with Gasteiger partial charge in [-0.3, -0.25) is 14.5 Å². The molecule has 1 aromatic heterocycles. The highest BCUT2D eigenvalue weighted by molar-refractivity contribution is 7.12. The van der Waals surface area contributed by atoms with E-state index in [4.69, 9.17) is 9.47 Å². The molecule has 2 amide bonds. The Morgan fingerprint density at radius 3 is 2.59 bits per heavy atom. The van der Waals surface area contributed by atoms with Crippen LogP contribution in [0, 0.1) is 0 Å². The van der Waals surface area contributed by atoms with Crippen molar-refractivity contribution in [2.24, 2.45) is 0 Å². The number of methoxy groups -OCH3 is 1. The zero-order chi connectivity index (χ0) is 20.6. The third-order valence-electron chi connectivity index (χ3n) is 4.94. The highest BCUT2D eigenvalue weighted by Gasteiger charge is 2.24. The van der Waals surface area contributed by atoms with Gasteiger partial charge >= 0.3 is 0 Å². The Balaban J connectivity index is 1.61. The average Bonchev–Trinajstić information content (AvgIpc) is 3.29.